The van der Waals surface area contributed by atoms with Gasteiger partial charge in [-0.05, 0) is 19.9 Å². The highest BCUT2D eigenvalue weighted by Gasteiger charge is 2.38. The van der Waals surface area contributed by atoms with E-state index in [1.807, 2.05) is 0 Å². The lowest BCUT2D eigenvalue weighted by Gasteiger charge is -2.13. The van der Waals surface area contributed by atoms with Crippen molar-refractivity contribution < 1.29 is 17.9 Å². The van der Waals surface area contributed by atoms with Gasteiger partial charge in [-0.15, -0.1) is 5.10 Å². The van der Waals surface area contributed by atoms with Crippen LogP contribution in [-0.4, -0.2) is 20.5 Å². The van der Waals surface area contributed by atoms with Crippen molar-refractivity contribution in [2.24, 2.45) is 7.05 Å². The van der Waals surface area contributed by atoms with E-state index in [1.165, 1.54) is 12.1 Å². The zero-order chi connectivity index (χ0) is 17.5. The molecule has 2 rings (SSSR count). The van der Waals surface area contributed by atoms with E-state index in [4.69, 9.17) is 27.9 Å². The average molecular weight is 370 g/mol. The zero-order valence-corrected chi connectivity index (χ0v) is 13.8. The van der Waals surface area contributed by atoms with Crippen molar-refractivity contribution in [3.63, 3.8) is 0 Å². The molecule has 1 aromatic heterocycles. The van der Waals surface area contributed by atoms with Gasteiger partial charge in [0.15, 0.2) is 0 Å². The van der Waals surface area contributed by atoms with Gasteiger partial charge in [-0.3, -0.25) is 4.57 Å². The number of aromatic nitrogens is 3. The molecule has 2 aromatic rings. The highest BCUT2D eigenvalue weighted by molar-refractivity contribution is 6.36. The summed E-state index contributed by atoms with van der Waals surface area (Å²) in [7, 11) is 0.976. The first-order chi connectivity index (χ1) is 10.5. The highest BCUT2D eigenvalue weighted by Crippen LogP contribution is 2.34. The molecule has 1 aromatic carbocycles. The van der Waals surface area contributed by atoms with E-state index in [0.717, 1.165) is 7.05 Å². The van der Waals surface area contributed by atoms with Crippen molar-refractivity contribution in [1.82, 2.24) is 14.3 Å². The van der Waals surface area contributed by atoms with Crippen LogP contribution in [0.25, 0.3) is 5.69 Å². The minimum Gasteiger partial charge on any atom is -0.489 e. The maximum Gasteiger partial charge on any atom is 0.451 e. The van der Waals surface area contributed by atoms with Gasteiger partial charge < -0.3 is 4.74 Å². The van der Waals surface area contributed by atoms with Crippen LogP contribution in [0.15, 0.2) is 16.9 Å². The molecule has 0 amide bonds. The Labute approximate surface area is 139 Å². The second-order valence-corrected chi connectivity index (χ2v) is 5.79. The number of benzene rings is 1. The summed E-state index contributed by atoms with van der Waals surface area (Å²) in [4.78, 5) is 12.0. The third-order valence-corrected chi connectivity index (χ3v) is 3.42. The molecule has 5 nitrogen and oxygen atoms in total. The Kier molecular flexibility index (Phi) is 4.68. The topological polar surface area (TPSA) is 49.0 Å². The molecule has 23 heavy (non-hydrogen) atoms. The third kappa shape index (κ3) is 3.48. The van der Waals surface area contributed by atoms with Gasteiger partial charge in [0.2, 0.25) is 5.82 Å². The predicted octanol–water partition coefficient (Wildman–Crippen LogP) is 3.68. The molecule has 0 saturated heterocycles. The summed E-state index contributed by atoms with van der Waals surface area (Å²) in [5.41, 5.74) is -1.04. The molecule has 0 radical (unpaired) electrons. The van der Waals surface area contributed by atoms with Crippen LogP contribution in [-0.2, 0) is 13.2 Å². The Morgan fingerprint density at radius 2 is 1.83 bits per heavy atom. The van der Waals surface area contributed by atoms with Crippen LogP contribution in [0.2, 0.25) is 10.0 Å². The number of hydrogen-bond donors (Lipinski definition) is 0. The van der Waals surface area contributed by atoms with E-state index in [1.54, 1.807) is 13.8 Å². The van der Waals surface area contributed by atoms with E-state index in [-0.39, 0.29) is 27.6 Å². The lowest BCUT2D eigenvalue weighted by atomic mass is 10.3. The van der Waals surface area contributed by atoms with Gasteiger partial charge in [-0.2, -0.15) is 17.9 Å². The molecule has 0 bridgehead atoms. The van der Waals surface area contributed by atoms with Crippen molar-refractivity contribution in [2.45, 2.75) is 26.1 Å². The Bertz CT molecular complexity index is 797. The van der Waals surface area contributed by atoms with Gasteiger partial charge in [0.1, 0.15) is 5.75 Å². The van der Waals surface area contributed by atoms with Gasteiger partial charge in [0.25, 0.3) is 0 Å². The second-order valence-electron chi connectivity index (χ2n) is 4.98. The van der Waals surface area contributed by atoms with Crippen molar-refractivity contribution in [3.05, 3.63) is 38.5 Å². The molecule has 126 valence electrons. The number of halogens is 5. The van der Waals surface area contributed by atoms with E-state index in [2.05, 4.69) is 5.10 Å². The van der Waals surface area contributed by atoms with E-state index in [0.29, 0.717) is 9.25 Å². The minimum atomic E-state index is -4.77. The Morgan fingerprint density at radius 1 is 1.22 bits per heavy atom. The number of hydrogen-bond acceptors (Lipinski definition) is 3. The third-order valence-electron chi connectivity index (χ3n) is 2.83. The van der Waals surface area contributed by atoms with Crippen LogP contribution in [0.4, 0.5) is 13.2 Å². The molecule has 0 fully saturated rings. The second kappa shape index (κ2) is 6.09. The average Bonchev–Trinajstić information content (AvgIpc) is 2.69. The molecule has 10 heteroatoms. The lowest BCUT2D eigenvalue weighted by molar-refractivity contribution is -0.147. The molecule has 0 aliphatic heterocycles. The first-order valence-corrected chi connectivity index (χ1v) is 7.17. The Hall–Kier alpha value is -1.67. The molecule has 0 saturated carbocycles. The smallest absolute Gasteiger partial charge is 0.451 e. The van der Waals surface area contributed by atoms with E-state index in [9.17, 15) is 18.0 Å². The van der Waals surface area contributed by atoms with Crippen LogP contribution in [0, 0.1) is 0 Å². The number of nitrogens with zero attached hydrogens (tertiary/aromatic N) is 3. The monoisotopic (exact) mass is 369 g/mol. The molecular formula is C13H12Cl2F3N3O2. The van der Waals surface area contributed by atoms with Crippen molar-refractivity contribution in [3.8, 4) is 11.4 Å². The lowest BCUT2D eigenvalue weighted by Crippen LogP contribution is -2.23. The van der Waals surface area contributed by atoms with Crippen LogP contribution >= 0.6 is 23.2 Å². The van der Waals surface area contributed by atoms with Crippen molar-refractivity contribution in [2.75, 3.05) is 0 Å². The fourth-order valence-corrected chi connectivity index (χ4v) is 2.37. The molecule has 0 aliphatic carbocycles. The molecule has 0 unspecified atom stereocenters. The summed E-state index contributed by atoms with van der Waals surface area (Å²) in [5.74, 6) is -1.15. The zero-order valence-electron chi connectivity index (χ0n) is 12.3. The fraction of sp³-hybridized carbons (Fsp3) is 0.385. The number of alkyl halides is 3. The maximum atomic E-state index is 12.9. The summed E-state index contributed by atoms with van der Waals surface area (Å²) in [6.45, 7) is 3.50. The summed E-state index contributed by atoms with van der Waals surface area (Å²) in [5, 5.41) is 3.47. The molecule has 0 N–H and O–H groups in total. The summed E-state index contributed by atoms with van der Waals surface area (Å²) in [6, 6.07) is 2.56. The number of rotatable bonds is 3. The SMILES string of the molecule is CC(C)Oc1cc(-n2nc(C(F)(F)F)n(C)c2=O)c(Cl)cc1Cl. The van der Waals surface area contributed by atoms with Crippen LogP contribution in [0.3, 0.4) is 0 Å². The maximum absolute atomic E-state index is 12.9. The van der Waals surface area contributed by atoms with Gasteiger partial charge in [0.05, 0.1) is 21.8 Å². The Balaban J connectivity index is 2.66. The predicted molar refractivity (Wildman–Crippen MR) is 79.6 cm³/mol. The van der Waals surface area contributed by atoms with Crippen molar-refractivity contribution in [1.29, 1.82) is 0 Å². The van der Waals surface area contributed by atoms with E-state index < -0.39 is 17.7 Å². The van der Waals surface area contributed by atoms with Gasteiger partial charge >= 0.3 is 11.9 Å². The standard InChI is InChI=1S/C13H12Cl2F3N3O2/c1-6(2)23-10-5-9(7(14)4-8(10)15)21-12(22)20(3)11(19-21)13(16,17)18/h4-6H,1-3H3. The molecule has 0 spiro atoms. The molecule has 0 atom stereocenters. The summed E-state index contributed by atoms with van der Waals surface area (Å²) in [6.07, 6.45) is -5.00. The Morgan fingerprint density at radius 3 is 2.30 bits per heavy atom. The number of ether oxygens (including phenoxy) is 1. The molecule has 0 aliphatic rings. The molecule has 1 heterocycles. The van der Waals surface area contributed by atoms with Gasteiger partial charge in [-0.25, -0.2) is 4.79 Å². The van der Waals surface area contributed by atoms with Crippen molar-refractivity contribution >= 4 is 23.2 Å². The van der Waals surface area contributed by atoms with Gasteiger partial charge in [-0.1, -0.05) is 23.2 Å². The van der Waals surface area contributed by atoms with Crippen LogP contribution in [0.5, 0.6) is 5.75 Å². The van der Waals surface area contributed by atoms with Gasteiger partial charge in [0, 0.05) is 13.1 Å². The van der Waals surface area contributed by atoms with Crippen LogP contribution in [0.1, 0.15) is 19.7 Å². The first kappa shape index (κ1) is 17.7. The largest absolute Gasteiger partial charge is 0.489 e. The first-order valence-electron chi connectivity index (χ1n) is 6.41. The normalized spacial score (nSPS) is 12.0. The summed E-state index contributed by atoms with van der Waals surface area (Å²) < 4.78 is 45.0. The van der Waals surface area contributed by atoms with E-state index >= 15 is 0 Å². The quantitative estimate of drug-likeness (QED) is 0.828. The van der Waals surface area contributed by atoms with Crippen LogP contribution < -0.4 is 10.4 Å². The summed E-state index contributed by atoms with van der Waals surface area (Å²) >= 11 is 12.0. The highest BCUT2D eigenvalue weighted by atomic mass is 35.5. The fourth-order valence-electron chi connectivity index (χ4n) is 1.87. The molecular weight excluding hydrogens is 358 g/mol. The minimum absolute atomic E-state index is 0.0277.